The highest BCUT2D eigenvalue weighted by Gasteiger charge is 2.44. The first kappa shape index (κ1) is 19.2. The first-order chi connectivity index (χ1) is 12.5. The van der Waals surface area contributed by atoms with Gasteiger partial charge in [0.1, 0.15) is 5.76 Å². The largest absolute Gasteiger partial charge is 0.462 e. The molecular weight excluding hydrogens is 332 g/mol. The Morgan fingerprint density at radius 1 is 1.00 bits per heavy atom. The molecule has 1 saturated heterocycles. The average Bonchev–Trinajstić information content (AvgIpc) is 3.42. The highest BCUT2D eigenvalue weighted by atomic mass is 16.6. The molecule has 3 unspecified atom stereocenters. The van der Waals surface area contributed by atoms with Crippen molar-refractivity contribution < 1.29 is 23.8 Å². The Bertz CT molecular complexity index is 600. The summed E-state index contributed by atoms with van der Waals surface area (Å²) in [4.78, 5) is 24.6. The van der Waals surface area contributed by atoms with Gasteiger partial charge in [-0.05, 0) is 51.9 Å². The van der Waals surface area contributed by atoms with Gasteiger partial charge in [-0.3, -0.25) is 0 Å². The number of epoxide rings is 1. The molecule has 2 saturated carbocycles. The van der Waals surface area contributed by atoms with Crippen LogP contribution in [0.1, 0.15) is 65.2 Å². The Balaban J connectivity index is 1.64. The lowest BCUT2D eigenvalue weighted by Crippen LogP contribution is -2.23. The van der Waals surface area contributed by atoms with Gasteiger partial charge in [-0.15, -0.1) is 0 Å². The van der Waals surface area contributed by atoms with Gasteiger partial charge in [0.2, 0.25) is 0 Å². The van der Waals surface area contributed by atoms with Crippen LogP contribution in [0.25, 0.3) is 0 Å². The molecule has 0 aromatic heterocycles. The van der Waals surface area contributed by atoms with E-state index in [1.54, 1.807) is 13.8 Å². The fourth-order valence-electron chi connectivity index (χ4n) is 4.06. The molecule has 26 heavy (non-hydrogen) atoms. The van der Waals surface area contributed by atoms with Crippen LogP contribution >= 0.6 is 0 Å². The molecule has 3 fully saturated rings. The molecule has 0 aromatic carbocycles. The van der Waals surface area contributed by atoms with E-state index in [2.05, 4.69) is 6.58 Å². The molecule has 5 nitrogen and oxygen atoms in total. The van der Waals surface area contributed by atoms with E-state index in [1.807, 2.05) is 0 Å². The number of allylic oxidation sites excluding steroid dienone is 1. The summed E-state index contributed by atoms with van der Waals surface area (Å²) in [6.07, 6.45) is 9.13. The van der Waals surface area contributed by atoms with Crippen LogP contribution in [0.4, 0.5) is 0 Å². The summed E-state index contributed by atoms with van der Waals surface area (Å²) < 4.78 is 16.7. The summed E-state index contributed by atoms with van der Waals surface area (Å²) >= 11 is 0. The Morgan fingerprint density at radius 2 is 1.73 bits per heavy atom. The number of ether oxygens (including phenoxy) is 3. The predicted octanol–water partition coefficient (Wildman–Crippen LogP) is 4.07. The summed E-state index contributed by atoms with van der Waals surface area (Å²) in [6.45, 7) is 7.38. The minimum Gasteiger partial charge on any atom is -0.462 e. The zero-order valence-electron chi connectivity index (χ0n) is 15.9. The van der Waals surface area contributed by atoms with Crippen LogP contribution in [0.2, 0.25) is 0 Å². The number of carbonyl (C=O) groups is 2. The van der Waals surface area contributed by atoms with Crippen molar-refractivity contribution in [3.05, 3.63) is 23.5 Å². The molecule has 2 aliphatic carbocycles. The number of hydrogen-bond acceptors (Lipinski definition) is 5. The topological polar surface area (TPSA) is 65.1 Å². The SMILES string of the molecule is C=C(C)C(=O)O/C(=C(/C)C(=O)OCC1CCC2OC2C1)C1CCCCC1. The third-order valence-electron chi connectivity index (χ3n) is 5.77. The van der Waals surface area contributed by atoms with E-state index in [0.29, 0.717) is 41.6 Å². The van der Waals surface area contributed by atoms with Crippen LogP contribution in [0.3, 0.4) is 0 Å². The molecule has 0 bridgehead atoms. The number of esters is 2. The number of fused-ring (bicyclic) bond motifs is 1. The lowest BCUT2D eigenvalue weighted by molar-refractivity contribution is -0.141. The van der Waals surface area contributed by atoms with Crippen LogP contribution < -0.4 is 0 Å². The van der Waals surface area contributed by atoms with Crippen molar-refractivity contribution in [3.63, 3.8) is 0 Å². The van der Waals surface area contributed by atoms with E-state index in [1.165, 1.54) is 6.42 Å². The van der Waals surface area contributed by atoms with E-state index < -0.39 is 5.97 Å². The molecule has 3 atom stereocenters. The van der Waals surface area contributed by atoms with Crippen molar-refractivity contribution in [2.75, 3.05) is 6.61 Å². The molecule has 5 heteroatoms. The van der Waals surface area contributed by atoms with Gasteiger partial charge < -0.3 is 14.2 Å². The smallest absolute Gasteiger partial charge is 0.338 e. The van der Waals surface area contributed by atoms with Crippen molar-refractivity contribution in [3.8, 4) is 0 Å². The third kappa shape index (κ3) is 4.76. The van der Waals surface area contributed by atoms with Gasteiger partial charge in [-0.1, -0.05) is 25.8 Å². The molecule has 3 rings (SSSR count). The molecule has 0 radical (unpaired) electrons. The Kier molecular flexibility index (Phi) is 6.17. The van der Waals surface area contributed by atoms with Crippen molar-refractivity contribution >= 4 is 11.9 Å². The molecule has 1 aliphatic heterocycles. The Hall–Kier alpha value is -1.62. The van der Waals surface area contributed by atoms with E-state index in [4.69, 9.17) is 14.2 Å². The van der Waals surface area contributed by atoms with Crippen LogP contribution in [-0.4, -0.2) is 30.8 Å². The molecule has 0 spiro atoms. The molecule has 0 aromatic rings. The van der Waals surface area contributed by atoms with Gasteiger partial charge in [0.15, 0.2) is 0 Å². The van der Waals surface area contributed by atoms with E-state index in [9.17, 15) is 9.59 Å². The molecule has 0 N–H and O–H groups in total. The summed E-state index contributed by atoms with van der Waals surface area (Å²) in [7, 11) is 0. The lowest BCUT2D eigenvalue weighted by Gasteiger charge is -2.25. The standard InChI is InChI=1S/C21H30O5/c1-13(2)20(22)26-19(16-7-5-4-6-8-16)14(3)21(23)24-12-15-9-10-17-18(11-15)25-17/h15-18H,1,4-12H2,2-3H3/b19-14-. The van der Waals surface area contributed by atoms with Crippen LogP contribution in [0, 0.1) is 11.8 Å². The summed E-state index contributed by atoms with van der Waals surface area (Å²) in [6, 6.07) is 0. The normalized spacial score (nSPS) is 29.2. The van der Waals surface area contributed by atoms with Crippen molar-refractivity contribution in [2.45, 2.75) is 77.4 Å². The van der Waals surface area contributed by atoms with Crippen LogP contribution in [0.5, 0.6) is 0 Å². The number of carbonyl (C=O) groups excluding carboxylic acids is 2. The highest BCUT2D eigenvalue weighted by molar-refractivity contribution is 5.91. The highest BCUT2D eigenvalue weighted by Crippen LogP contribution is 2.39. The first-order valence-electron chi connectivity index (χ1n) is 9.86. The maximum Gasteiger partial charge on any atom is 0.338 e. The fourth-order valence-corrected chi connectivity index (χ4v) is 4.06. The van der Waals surface area contributed by atoms with E-state index in [0.717, 1.165) is 44.9 Å². The zero-order chi connectivity index (χ0) is 18.7. The van der Waals surface area contributed by atoms with Gasteiger partial charge in [-0.2, -0.15) is 0 Å². The zero-order valence-corrected chi connectivity index (χ0v) is 15.9. The van der Waals surface area contributed by atoms with Crippen molar-refractivity contribution in [1.29, 1.82) is 0 Å². The fraction of sp³-hybridized carbons (Fsp3) is 0.714. The molecule has 3 aliphatic rings. The van der Waals surface area contributed by atoms with Gasteiger partial charge in [0.25, 0.3) is 0 Å². The minimum absolute atomic E-state index is 0.106. The molecular formula is C21H30O5. The lowest BCUT2D eigenvalue weighted by atomic mass is 9.86. The molecule has 1 heterocycles. The molecule has 144 valence electrons. The quantitative estimate of drug-likeness (QED) is 0.308. The van der Waals surface area contributed by atoms with E-state index in [-0.39, 0.29) is 11.9 Å². The maximum atomic E-state index is 12.6. The number of rotatable bonds is 6. The Morgan fingerprint density at radius 3 is 2.38 bits per heavy atom. The summed E-state index contributed by atoms with van der Waals surface area (Å²) in [5.41, 5.74) is 0.753. The maximum absolute atomic E-state index is 12.6. The first-order valence-corrected chi connectivity index (χ1v) is 9.86. The van der Waals surface area contributed by atoms with Crippen molar-refractivity contribution in [2.24, 2.45) is 11.8 Å². The van der Waals surface area contributed by atoms with Gasteiger partial charge in [0, 0.05) is 11.5 Å². The van der Waals surface area contributed by atoms with Gasteiger partial charge in [0.05, 0.1) is 24.4 Å². The third-order valence-corrected chi connectivity index (χ3v) is 5.77. The second-order valence-electron chi connectivity index (χ2n) is 7.98. The predicted molar refractivity (Wildman–Crippen MR) is 97.1 cm³/mol. The minimum atomic E-state index is -0.470. The monoisotopic (exact) mass is 362 g/mol. The van der Waals surface area contributed by atoms with Crippen molar-refractivity contribution in [1.82, 2.24) is 0 Å². The number of hydrogen-bond donors (Lipinski definition) is 0. The summed E-state index contributed by atoms with van der Waals surface area (Å²) in [5.74, 6) is 0.110. The Labute approximate surface area is 155 Å². The van der Waals surface area contributed by atoms with Crippen LogP contribution in [-0.2, 0) is 23.8 Å². The molecule has 0 amide bonds. The van der Waals surface area contributed by atoms with E-state index >= 15 is 0 Å². The van der Waals surface area contributed by atoms with Crippen LogP contribution in [0.15, 0.2) is 23.5 Å². The second-order valence-corrected chi connectivity index (χ2v) is 7.98. The summed E-state index contributed by atoms with van der Waals surface area (Å²) in [5, 5.41) is 0. The van der Waals surface area contributed by atoms with Gasteiger partial charge >= 0.3 is 11.9 Å². The van der Waals surface area contributed by atoms with Gasteiger partial charge in [-0.25, -0.2) is 9.59 Å². The second kappa shape index (κ2) is 8.38. The average molecular weight is 362 g/mol.